The fourth-order valence-corrected chi connectivity index (χ4v) is 1.94. The van der Waals surface area contributed by atoms with E-state index in [0.717, 1.165) is 24.7 Å². The van der Waals surface area contributed by atoms with Crippen LogP contribution in [0, 0.1) is 6.92 Å². The maximum Gasteiger partial charge on any atom is 0.203 e. The molecule has 0 saturated heterocycles. The first-order chi connectivity index (χ1) is 8.69. The van der Waals surface area contributed by atoms with Crippen LogP contribution in [0.1, 0.15) is 31.0 Å². The van der Waals surface area contributed by atoms with Crippen LogP contribution in [-0.4, -0.2) is 25.9 Å². The van der Waals surface area contributed by atoms with E-state index in [9.17, 15) is 0 Å². The summed E-state index contributed by atoms with van der Waals surface area (Å²) in [5, 5.41) is 7.57. The second-order valence-electron chi connectivity index (χ2n) is 4.64. The summed E-state index contributed by atoms with van der Waals surface area (Å²) in [4.78, 5) is 4.51. The quantitative estimate of drug-likeness (QED) is 0.796. The van der Waals surface area contributed by atoms with Crippen molar-refractivity contribution in [3.63, 3.8) is 0 Å². The van der Waals surface area contributed by atoms with Crippen molar-refractivity contribution in [1.82, 2.24) is 19.3 Å². The zero-order chi connectivity index (χ0) is 13.0. The lowest BCUT2D eigenvalue weighted by molar-refractivity contribution is 0.759. The number of hydrogen-bond acceptors (Lipinski definition) is 3. The lowest BCUT2D eigenvalue weighted by Crippen LogP contribution is -2.09. The van der Waals surface area contributed by atoms with Gasteiger partial charge in [-0.15, -0.1) is 0 Å². The third-order valence-corrected chi connectivity index (χ3v) is 2.82. The molecule has 0 bridgehead atoms. The second-order valence-corrected chi connectivity index (χ2v) is 4.64. The molecule has 5 nitrogen and oxygen atoms in total. The van der Waals surface area contributed by atoms with E-state index >= 15 is 0 Å². The molecule has 2 aromatic rings. The summed E-state index contributed by atoms with van der Waals surface area (Å²) in [5.41, 5.74) is 2.23. The van der Waals surface area contributed by atoms with E-state index in [4.69, 9.17) is 0 Å². The fraction of sp³-hybridized carbons (Fsp3) is 0.538. The molecule has 0 unspecified atom stereocenters. The highest BCUT2D eigenvalue weighted by Crippen LogP contribution is 2.11. The number of imidazole rings is 1. The minimum atomic E-state index is 0.809. The highest BCUT2D eigenvalue weighted by molar-refractivity contribution is 5.29. The van der Waals surface area contributed by atoms with E-state index in [0.29, 0.717) is 0 Å². The molecule has 0 atom stereocenters. The maximum absolute atomic E-state index is 4.51. The van der Waals surface area contributed by atoms with Crippen LogP contribution in [0.15, 0.2) is 18.6 Å². The minimum absolute atomic E-state index is 0.809. The first kappa shape index (κ1) is 12.7. The van der Waals surface area contributed by atoms with Gasteiger partial charge in [0, 0.05) is 31.5 Å². The van der Waals surface area contributed by atoms with E-state index in [-0.39, 0.29) is 0 Å². The van der Waals surface area contributed by atoms with E-state index in [1.54, 1.807) is 0 Å². The van der Waals surface area contributed by atoms with Crippen molar-refractivity contribution in [2.75, 3.05) is 11.9 Å². The first-order valence-electron chi connectivity index (χ1n) is 6.44. The van der Waals surface area contributed by atoms with Crippen molar-refractivity contribution in [2.24, 2.45) is 7.05 Å². The van der Waals surface area contributed by atoms with Crippen LogP contribution < -0.4 is 5.32 Å². The normalized spacial score (nSPS) is 10.8. The van der Waals surface area contributed by atoms with Crippen molar-refractivity contribution in [3.8, 4) is 0 Å². The molecule has 0 saturated carbocycles. The molecule has 2 aromatic heterocycles. The Morgan fingerprint density at radius 3 is 2.83 bits per heavy atom. The highest BCUT2D eigenvalue weighted by atomic mass is 15.2. The van der Waals surface area contributed by atoms with Crippen LogP contribution in [0.4, 0.5) is 5.95 Å². The molecule has 0 aliphatic carbocycles. The Kier molecular flexibility index (Phi) is 4.02. The molecule has 18 heavy (non-hydrogen) atoms. The van der Waals surface area contributed by atoms with Crippen molar-refractivity contribution in [1.29, 1.82) is 0 Å². The molecule has 2 heterocycles. The van der Waals surface area contributed by atoms with Gasteiger partial charge in [-0.05, 0) is 13.3 Å². The van der Waals surface area contributed by atoms with E-state index in [2.05, 4.69) is 33.1 Å². The number of aromatic nitrogens is 4. The standard InChI is InChI=1S/C13H21N5/c1-4-5-6-14-13-16-11(2)8-18(13)10-12-7-15-17(3)9-12/h7-9H,4-6,10H2,1-3H3,(H,14,16). The Balaban J connectivity index is 2.06. The average Bonchev–Trinajstić information content (AvgIpc) is 2.87. The van der Waals surface area contributed by atoms with Gasteiger partial charge in [-0.2, -0.15) is 5.10 Å². The molecule has 0 amide bonds. The summed E-state index contributed by atoms with van der Waals surface area (Å²) >= 11 is 0. The second kappa shape index (κ2) is 5.71. The predicted molar refractivity (Wildman–Crippen MR) is 72.7 cm³/mol. The molecule has 0 spiro atoms. The predicted octanol–water partition coefficient (Wildman–Crippen LogP) is 2.19. The molecule has 0 radical (unpaired) electrons. The first-order valence-corrected chi connectivity index (χ1v) is 6.44. The molecule has 0 aromatic carbocycles. The summed E-state index contributed by atoms with van der Waals surface area (Å²) in [5.74, 6) is 0.949. The monoisotopic (exact) mass is 247 g/mol. The molecular formula is C13H21N5. The Hall–Kier alpha value is -1.78. The number of rotatable bonds is 6. The Morgan fingerprint density at radius 1 is 1.33 bits per heavy atom. The largest absolute Gasteiger partial charge is 0.356 e. The van der Waals surface area contributed by atoms with Crippen LogP contribution >= 0.6 is 0 Å². The SMILES string of the molecule is CCCCNc1nc(C)cn1Cc1cnn(C)c1. The number of nitrogens with zero attached hydrogens (tertiary/aromatic N) is 4. The van der Waals surface area contributed by atoms with E-state index in [1.165, 1.54) is 18.4 Å². The number of anilines is 1. The van der Waals surface area contributed by atoms with Crippen LogP contribution in [0.3, 0.4) is 0 Å². The number of nitrogens with one attached hydrogen (secondary N) is 1. The molecule has 98 valence electrons. The van der Waals surface area contributed by atoms with Gasteiger partial charge >= 0.3 is 0 Å². The molecule has 2 rings (SSSR count). The molecular weight excluding hydrogens is 226 g/mol. The number of unbranched alkanes of at least 4 members (excludes halogenated alkanes) is 1. The average molecular weight is 247 g/mol. The zero-order valence-electron chi connectivity index (χ0n) is 11.3. The third kappa shape index (κ3) is 3.12. The van der Waals surface area contributed by atoms with Crippen LogP contribution in [-0.2, 0) is 13.6 Å². The third-order valence-electron chi connectivity index (χ3n) is 2.82. The van der Waals surface area contributed by atoms with Gasteiger partial charge in [-0.1, -0.05) is 13.3 Å². The zero-order valence-corrected chi connectivity index (χ0v) is 11.3. The van der Waals surface area contributed by atoms with E-state index < -0.39 is 0 Å². The lowest BCUT2D eigenvalue weighted by atomic mass is 10.3. The van der Waals surface area contributed by atoms with E-state index in [1.807, 2.05) is 31.0 Å². The summed E-state index contributed by atoms with van der Waals surface area (Å²) < 4.78 is 3.96. The number of aryl methyl sites for hydroxylation is 2. The topological polar surface area (TPSA) is 47.7 Å². The lowest BCUT2D eigenvalue weighted by Gasteiger charge is -2.08. The smallest absolute Gasteiger partial charge is 0.203 e. The molecule has 0 aliphatic rings. The summed E-state index contributed by atoms with van der Waals surface area (Å²) in [6.45, 7) is 5.99. The Bertz CT molecular complexity index is 497. The summed E-state index contributed by atoms with van der Waals surface area (Å²) in [7, 11) is 1.93. The highest BCUT2D eigenvalue weighted by Gasteiger charge is 2.06. The van der Waals surface area contributed by atoms with Gasteiger partial charge in [-0.3, -0.25) is 4.68 Å². The maximum atomic E-state index is 4.51. The minimum Gasteiger partial charge on any atom is -0.356 e. The number of hydrogen-bond donors (Lipinski definition) is 1. The molecule has 0 fully saturated rings. The van der Waals surface area contributed by atoms with Gasteiger partial charge in [0.1, 0.15) is 0 Å². The van der Waals surface area contributed by atoms with Gasteiger partial charge in [0.15, 0.2) is 0 Å². The van der Waals surface area contributed by atoms with Crippen molar-refractivity contribution in [3.05, 3.63) is 29.8 Å². The Morgan fingerprint density at radius 2 is 2.17 bits per heavy atom. The van der Waals surface area contributed by atoms with Gasteiger partial charge in [0.25, 0.3) is 0 Å². The van der Waals surface area contributed by atoms with Gasteiger partial charge in [0.05, 0.1) is 18.4 Å². The van der Waals surface area contributed by atoms with Crippen LogP contribution in [0.2, 0.25) is 0 Å². The fourth-order valence-electron chi connectivity index (χ4n) is 1.94. The summed E-state index contributed by atoms with van der Waals surface area (Å²) in [6, 6.07) is 0. The van der Waals surface area contributed by atoms with Crippen LogP contribution in [0.5, 0.6) is 0 Å². The van der Waals surface area contributed by atoms with Crippen molar-refractivity contribution >= 4 is 5.95 Å². The van der Waals surface area contributed by atoms with Gasteiger partial charge in [0.2, 0.25) is 5.95 Å². The summed E-state index contributed by atoms with van der Waals surface area (Å²) in [6.07, 6.45) is 8.35. The van der Waals surface area contributed by atoms with Crippen LogP contribution in [0.25, 0.3) is 0 Å². The van der Waals surface area contributed by atoms with Gasteiger partial charge in [-0.25, -0.2) is 4.98 Å². The molecule has 0 aliphatic heterocycles. The van der Waals surface area contributed by atoms with Crippen molar-refractivity contribution in [2.45, 2.75) is 33.2 Å². The molecule has 5 heteroatoms. The van der Waals surface area contributed by atoms with Crippen molar-refractivity contribution < 1.29 is 0 Å². The molecule has 1 N–H and O–H groups in total. The Labute approximate surface area is 108 Å². The van der Waals surface area contributed by atoms with Gasteiger partial charge < -0.3 is 9.88 Å².